The maximum atomic E-state index is 12.9. The van der Waals surface area contributed by atoms with Crippen LogP contribution in [0.2, 0.25) is 0 Å². The lowest BCUT2D eigenvalue weighted by Gasteiger charge is -2.37. The molecule has 0 saturated carbocycles. The number of thioether (sulfide) groups is 1. The van der Waals surface area contributed by atoms with E-state index in [-0.39, 0.29) is 30.0 Å². The average molecular weight is 476 g/mol. The molecular formula is C21H25N5O4S2. The van der Waals surface area contributed by atoms with Crippen LogP contribution in [0.3, 0.4) is 0 Å². The number of carbonyl (C=O) groups is 2. The monoisotopic (exact) mass is 475 g/mol. The predicted octanol–water partition coefficient (Wildman–Crippen LogP) is 1.38. The van der Waals surface area contributed by atoms with Crippen molar-refractivity contribution in [3.63, 3.8) is 0 Å². The molecule has 0 radical (unpaired) electrons. The molecule has 0 aliphatic carbocycles. The van der Waals surface area contributed by atoms with Gasteiger partial charge in [0.25, 0.3) is 11.5 Å². The number of aromatic nitrogens is 1. The van der Waals surface area contributed by atoms with Crippen LogP contribution in [0.1, 0.15) is 30.0 Å². The highest BCUT2D eigenvalue weighted by Gasteiger charge is 2.33. The first-order valence-electron chi connectivity index (χ1n) is 10.3. The molecule has 1 amide bonds. The van der Waals surface area contributed by atoms with Crippen LogP contribution in [0, 0.1) is 18.3 Å². The SMILES string of the molecule is CCN1CCN(c2c(C=C3SC(=S)N(CCC(=O)O)C3=O)c(C)c(C#N)c(=O)n2C)CC1. The number of hydrogen-bond donors (Lipinski definition) is 1. The van der Waals surface area contributed by atoms with E-state index < -0.39 is 5.97 Å². The molecule has 3 rings (SSSR count). The second-order valence-corrected chi connectivity index (χ2v) is 9.29. The molecule has 1 N–H and O–H groups in total. The van der Waals surface area contributed by atoms with Crippen molar-refractivity contribution in [1.29, 1.82) is 5.26 Å². The van der Waals surface area contributed by atoms with Gasteiger partial charge < -0.3 is 14.9 Å². The van der Waals surface area contributed by atoms with Gasteiger partial charge in [-0.15, -0.1) is 0 Å². The lowest BCUT2D eigenvalue weighted by Crippen LogP contribution is -2.48. The first-order valence-corrected chi connectivity index (χ1v) is 11.5. The number of likely N-dealkylation sites (N-methyl/N-ethyl adjacent to an activating group) is 1. The number of pyridine rings is 1. The van der Waals surface area contributed by atoms with Crippen LogP contribution in [0.4, 0.5) is 5.82 Å². The Labute approximate surface area is 195 Å². The van der Waals surface area contributed by atoms with Gasteiger partial charge in [0.05, 0.1) is 11.3 Å². The zero-order chi connectivity index (χ0) is 23.6. The van der Waals surface area contributed by atoms with Crippen molar-refractivity contribution in [2.24, 2.45) is 7.05 Å². The Morgan fingerprint density at radius 3 is 2.50 bits per heavy atom. The predicted molar refractivity (Wildman–Crippen MR) is 128 cm³/mol. The molecule has 0 unspecified atom stereocenters. The number of nitrogens with zero attached hydrogens (tertiary/aromatic N) is 5. The molecule has 0 bridgehead atoms. The van der Waals surface area contributed by atoms with Gasteiger partial charge in [0.1, 0.15) is 21.8 Å². The second-order valence-electron chi connectivity index (χ2n) is 7.61. The fourth-order valence-corrected chi connectivity index (χ4v) is 5.19. The minimum Gasteiger partial charge on any atom is -0.481 e. The highest BCUT2D eigenvalue weighted by Crippen LogP contribution is 2.35. The summed E-state index contributed by atoms with van der Waals surface area (Å²) in [4.78, 5) is 42.7. The quantitative estimate of drug-likeness (QED) is 0.482. The summed E-state index contributed by atoms with van der Waals surface area (Å²) in [5.74, 6) is -0.711. The molecule has 1 aromatic heterocycles. The van der Waals surface area contributed by atoms with Crippen LogP contribution < -0.4 is 10.5 Å². The highest BCUT2D eigenvalue weighted by molar-refractivity contribution is 8.26. The molecule has 11 heteroatoms. The number of carbonyl (C=O) groups excluding carboxylic acids is 1. The number of amides is 1. The number of aliphatic carboxylic acids is 1. The largest absolute Gasteiger partial charge is 0.481 e. The Balaban J connectivity index is 2.07. The van der Waals surface area contributed by atoms with Crippen molar-refractivity contribution < 1.29 is 14.7 Å². The van der Waals surface area contributed by atoms with Gasteiger partial charge >= 0.3 is 5.97 Å². The normalized spacial score (nSPS) is 18.5. The van der Waals surface area contributed by atoms with E-state index in [1.807, 2.05) is 6.07 Å². The summed E-state index contributed by atoms with van der Waals surface area (Å²) >= 11 is 6.38. The van der Waals surface area contributed by atoms with Crippen LogP contribution in [0.5, 0.6) is 0 Å². The molecule has 3 heterocycles. The first kappa shape index (κ1) is 24.0. The summed E-state index contributed by atoms with van der Waals surface area (Å²) in [6, 6.07) is 2.00. The number of anilines is 1. The van der Waals surface area contributed by atoms with Gasteiger partial charge in [-0.3, -0.25) is 23.9 Å². The lowest BCUT2D eigenvalue weighted by atomic mass is 10.0. The summed E-state index contributed by atoms with van der Waals surface area (Å²) < 4.78 is 1.77. The fourth-order valence-electron chi connectivity index (χ4n) is 3.90. The van der Waals surface area contributed by atoms with Gasteiger partial charge in [-0.1, -0.05) is 30.9 Å². The molecule has 2 saturated heterocycles. The summed E-state index contributed by atoms with van der Waals surface area (Å²) in [6.45, 7) is 7.89. The Hall–Kier alpha value is -2.68. The molecule has 2 aliphatic heterocycles. The molecule has 170 valence electrons. The number of thiocarbonyl (C=S) groups is 1. The molecule has 32 heavy (non-hydrogen) atoms. The number of hydrogen-bond acceptors (Lipinski definition) is 8. The standard InChI is InChI=1S/C21H25N5O4S2/c1-4-24-7-9-25(10-8-24)18-14(13(2)15(12-22)19(29)23(18)3)11-16-20(30)26(21(31)32-16)6-5-17(27)28/h11H,4-10H2,1-3H3,(H,27,28). The third-order valence-electron chi connectivity index (χ3n) is 5.79. The maximum absolute atomic E-state index is 12.9. The first-order chi connectivity index (χ1) is 15.2. The third kappa shape index (κ3) is 4.57. The molecular weight excluding hydrogens is 450 g/mol. The van der Waals surface area contributed by atoms with Crippen LogP contribution in [-0.4, -0.2) is 74.9 Å². The zero-order valence-electron chi connectivity index (χ0n) is 18.3. The van der Waals surface area contributed by atoms with E-state index in [2.05, 4.69) is 16.7 Å². The Morgan fingerprint density at radius 2 is 1.94 bits per heavy atom. The minimum atomic E-state index is -1.01. The van der Waals surface area contributed by atoms with E-state index in [9.17, 15) is 19.6 Å². The highest BCUT2D eigenvalue weighted by atomic mass is 32.2. The smallest absolute Gasteiger partial charge is 0.305 e. The Kier molecular flexibility index (Phi) is 7.38. The van der Waals surface area contributed by atoms with E-state index in [4.69, 9.17) is 17.3 Å². The number of carboxylic acid groups (broad SMARTS) is 1. The molecule has 0 atom stereocenters. The van der Waals surface area contributed by atoms with E-state index >= 15 is 0 Å². The molecule has 0 aromatic carbocycles. The molecule has 2 fully saturated rings. The van der Waals surface area contributed by atoms with Crippen LogP contribution >= 0.6 is 24.0 Å². The fraction of sp³-hybridized carbons (Fsp3) is 0.476. The van der Waals surface area contributed by atoms with Gasteiger partial charge in [0, 0.05) is 45.3 Å². The molecule has 0 spiro atoms. The van der Waals surface area contributed by atoms with Crippen molar-refractivity contribution in [3.8, 4) is 6.07 Å². The number of carboxylic acids is 1. The average Bonchev–Trinajstić information content (AvgIpc) is 3.03. The number of piperazine rings is 1. The molecule has 2 aliphatic rings. The van der Waals surface area contributed by atoms with Gasteiger partial charge in [-0.05, 0) is 25.1 Å². The van der Waals surface area contributed by atoms with Gasteiger partial charge in [-0.25, -0.2) is 0 Å². The number of rotatable bonds is 6. The third-order valence-corrected chi connectivity index (χ3v) is 7.16. The van der Waals surface area contributed by atoms with Crippen molar-refractivity contribution >= 4 is 52.1 Å². The van der Waals surface area contributed by atoms with Gasteiger partial charge in [-0.2, -0.15) is 5.26 Å². The van der Waals surface area contributed by atoms with E-state index in [1.165, 1.54) is 9.47 Å². The van der Waals surface area contributed by atoms with Crippen LogP contribution in [0.25, 0.3) is 6.08 Å². The Bertz CT molecular complexity index is 1100. The minimum absolute atomic E-state index is 0.00111. The van der Waals surface area contributed by atoms with Gasteiger partial charge in [0.15, 0.2) is 0 Å². The molecule has 1 aromatic rings. The maximum Gasteiger partial charge on any atom is 0.305 e. The summed E-state index contributed by atoms with van der Waals surface area (Å²) in [7, 11) is 1.64. The van der Waals surface area contributed by atoms with Gasteiger partial charge in [0.2, 0.25) is 0 Å². The van der Waals surface area contributed by atoms with Crippen molar-refractivity contribution in [3.05, 3.63) is 31.9 Å². The van der Waals surface area contributed by atoms with Crippen molar-refractivity contribution in [1.82, 2.24) is 14.4 Å². The summed E-state index contributed by atoms with van der Waals surface area (Å²) in [6.07, 6.45) is 1.47. The summed E-state index contributed by atoms with van der Waals surface area (Å²) in [5, 5.41) is 18.5. The van der Waals surface area contributed by atoms with Crippen molar-refractivity contribution in [2.45, 2.75) is 20.3 Å². The summed E-state index contributed by atoms with van der Waals surface area (Å²) in [5.41, 5.74) is 0.812. The van der Waals surface area contributed by atoms with Crippen LogP contribution in [-0.2, 0) is 16.6 Å². The van der Waals surface area contributed by atoms with E-state index in [0.29, 0.717) is 39.3 Å². The topological polar surface area (TPSA) is 110 Å². The van der Waals surface area contributed by atoms with E-state index in [0.717, 1.165) is 31.4 Å². The van der Waals surface area contributed by atoms with E-state index in [1.54, 1.807) is 20.0 Å². The van der Waals surface area contributed by atoms with Crippen molar-refractivity contribution in [2.75, 3.05) is 44.2 Å². The lowest BCUT2D eigenvalue weighted by molar-refractivity contribution is -0.137. The Morgan fingerprint density at radius 1 is 1.28 bits per heavy atom. The molecule has 9 nitrogen and oxygen atoms in total. The van der Waals surface area contributed by atoms with Crippen LogP contribution in [0.15, 0.2) is 9.70 Å². The zero-order valence-corrected chi connectivity index (χ0v) is 19.9. The second kappa shape index (κ2) is 9.85. The number of nitriles is 1.